The molecule has 1 aromatic heterocycles. The molecule has 2 aromatic rings. The Morgan fingerprint density at radius 2 is 2.33 bits per heavy atom. The summed E-state index contributed by atoms with van der Waals surface area (Å²) in [5, 5.41) is 3.46. The predicted molar refractivity (Wildman–Crippen MR) is 71.8 cm³/mol. The Balaban J connectivity index is 1.85. The maximum absolute atomic E-state index is 11.6. The lowest BCUT2D eigenvalue weighted by molar-refractivity contribution is -0.144. The number of carbonyl (C=O) groups is 1. The summed E-state index contributed by atoms with van der Waals surface area (Å²) in [6.45, 7) is 2.15. The minimum absolute atomic E-state index is 0.213. The van der Waals surface area contributed by atoms with Crippen LogP contribution in [0.3, 0.4) is 0 Å². The molecule has 2 rings (SSSR count). The van der Waals surface area contributed by atoms with Crippen molar-refractivity contribution in [2.45, 2.75) is 20.0 Å². The molecule has 94 valence electrons. The van der Waals surface area contributed by atoms with Crippen molar-refractivity contribution < 1.29 is 9.53 Å². The third kappa shape index (κ3) is 3.82. The van der Waals surface area contributed by atoms with E-state index in [1.165, 1.54) is 11.3 Å². The van der Waals surface area contributed by atoms with Crippen LogP contribution in [0.15, 0.2) is 29.6 Å². The Bertz CT molecular complexity index is 553. The Kier molecular flexibility index (Phi) is 4.33. The van der Waals surface area contributed by atoms with E-state index in [9.17, 15) is 4.79 Å². The van der Waals surface area contributed by atoms with E-state index in [-0.39, 0.29) is 19.0 Å². The van der Waals surface area contributed by atoms with Crippen molar-refractivity contribution in [3.63, 3.8) is 0 Å². The quantitative estimate of drug-likeness (QED) is 0.807. The summed E-state index contributed by atoms with van der Waals surface area (Å²) in [5.74, 6) is -0.278. The highest BCUT2D eigenvalue weighted by atomic mass is 35.5. The minimum Gasteiger partial charge on any atom is -0.461 e. The molecule has 18 heavy (non-hydrogen) atoms. The van der Waals surface area contributed by atoms with E-state index in [0.29, 0.717) is 5.02 Å². The number of carbonyl (C=O) groups excluding carboxylic acids is 1. The van der Waals surface area contributed by atoms with Gasteiger partial charge in [-0.15, -0.1) is 11.3 Å². The van der Waals surface area contributed by atoms with E-state index in [0.717, 1.165) is 16.3 Å². The molecule has 0 aliphatic heterocycles. The zero-order chi connectivity index (χ0) is 13.0. The number of thiazole rings is 1. The van der Waals surface area contributed by atoms with Gasteiger partial charge in [0.2, 0.25) is 0 Å². The second-order valence-electron chi connectivity index (χ2n) is 3.83. The molecule has 0 bridgehead atoms. The zero-order valence-electron chi connectivity index (χ0n) is 9.85. The normalized spacial score (nSPS) is 10.3. The first-order chi connectivity index (χ1) is 8.63. The summed E-state index contributed by atoms with van der Waals surface area (Å²) in [6, 6.07) is 7.26. The van der Waals surface area contributed by atoms with E-state index in [1.54, 1.807) is 12.1 Å². The van der Waals surface area contributed by atoms with Gasteiger partial charge in [-0.3, -0.25) is 4.79 Å². The largest absolute Gasteiger partial charge is 0.461 e. The highest BCUT2D eigenvalue weighted by Gasteiger charge is 2.08. The number of aryl methyl sites for hydroxylation is 1. The molecule has 0 amide bonds. The number of aromatic nitrogens is 1. The van der Waals surface area contributed by atoms with E-state index >= 15 is 0 Å². The summed E-state index contributed by atoms with van der Waals surface area (Å²) in [5.41, 5.74) is 1.64. The first-order valence-electron chi connectivity index (χ1n) is 5.44. The molecule has 0 saturated carbocycles. The van der Waals surface area contributed by atoms with Crippen LogP contribution < -0.4 is 0 Å². The summed E-state index contributed by atoms with van der Waals surface area (Å²) in [6.07, 6.45) is 0.213. The highest BCUT2D eigenvalue weighted by Crippen LogP contribution is 2.12. The van der Waals surface area contributed by atoms with Crippen molar-refractivity contribution >= 4 is 28.9 Å². The van der Waals surface area contributed by atoms with Gasteiger partial charge in [-0.05, 0) is 24.6 Å². The van der Waals surface area contributed by atoms with Crippen molar-refractivity contribution in [2.24, 2.45) is 0 Å². The average Bonchev–Trinajstić information content (AvgIpc) is 2.72. The van der Waals surface area contributed by atoms with Crippen LogP contribution in [0.1, 0.15) is 16.3 Å². The molecular formula is C13H12ClNO2S. The fourth-order valence-electron chi connectivity index (χ4n) is 1.48. The van der Waals surface area contributed by atoms with Crippen molar-refractivity contribution in [3.8, 4) is 0 Å². The van der Waals surface area contributed by atoms with Crippen molar-refractivity contribution in [1.82, 2.24) is 4.98 Å². The summed E-state index contributed by atoms with van der Waals surface area (Å²) in [4.78, 5) is 15.8. The van der Waals surface area contributed by atoms with Crippen molar-refractivity contribution in [1.29, 1.82) is 0 Å². The van der Waals surface area contributed by atoms with Crippen molar-refractivity contribution in [2.75, 3.05) is 0 Å². The van der Waals surface area contributed by atoms with E-state index in [2.05, 4.69) is 4.98 Å². The third-order valence-corrected chi connectivity index (χ3v) is 3.34. The Labute approximate surface area is 114 Å². The molecule has 5 heteroatoms. The van der Waals surface area contributed by atoms with Crippen LogP contribution in [0.2, 0.25) is 5.02 Å². The predicted octanol–water partition coefficient (Wildman–Crippen LogP) is 3.39. The lowest BCUT2D eigenvalue weighted by Gasteiger charge is -2.04. The molecule has 0 saturated heterocycles. The molecule has 0 fully saturated rings. The second-order valence-corrected chi connectivity index (χ2v) is 5.32. The molecule has 1 heterocycles. The maximum atomic E-state index is 11.6. The highest BCUT2D eigenvalue weighted by molar-refractivity contribution is 7.09. The standard InChI is InChI=1S/C13H12ClNO2S/c1-9-15-12(8-18-9)6-13(16)17-7-10-3-2-4-11(14)5-10/h2-5,8H,6-7H2,1H3. The summed E-state index contributed by atoms with van der Waals surface area (Å²) < 4.78 is 5.16. The SMILES string of the molecule is Cc1nc(CC(=O)OCc2cccc(Cl)c2)cs1. The molecule has 0 spiro atoms. The van der Waals surface area contributed by atoms with Crippen LogP contribution in [0.4, 0.5) is 0 Å². The van der Waals surface area contributed by atoms with Gasteiger partial charge in [0.1, 0.15) is 6.61 Å². The molecule has 1 aromatic carbocycles. The topological polar surface area (TPSA) is 39.2 Å². The monoisotopic (exact) mass is 281 g/mol. The van der Waals surface area contributed by atoms with Gasteiger partial charge in [-0.2, -0.15) is 0 Å². The zero-order valence-corrected chi connectivity index (χ0v) is 11.4. The lowest BCUT2D eigenvalue weighted by Crippen LogP contribution is -2.08. The number of ether oxygens (including phenoxy) is 1. The van der Waals surface area contributed by atoms with E-state index in [4.69, 9.17) is 16.3 Å². The van der Waals surface area contributed by atoms with Crippen LogP contribution in [-0.4, -0.2) is 11.0 Å². The number of nitrogens with zero attached hydrogens (tertiary/aromatic N) is 1. The number of esters is 1. The van der Waals surface area contributed by atoms with Crippen LogP contribution in [0, 0.1) is 6.92 Å². The van der Waals surface area contributed by atoms with Crippen molar-refractivity contribution in [3.05, 3.63) is 50.9 Å². The molecule has 0 unspecified atom stereocenters. The van der Waals surface area contributed by atoms with Crippen LogP contribution in [0.5, 0.6) is 0 Å². The first kappa shape index (κ1) is 13.1. The Morgan fingerprint density at radius 3 is 3.00 bits per heavy atom. The third-order valence-electron chi connectivity index (χ3n) is 2.28. The van der Waals surface area contributed by atoms with Gasteiger partial charge in [-0.25, -0.2) is 4.98 Å². The smallest absolute Gasteiger partial charge is 0.312 e. The fraction of sp³-hybridized carbons (Fsp3) is 0.231. The summed E-state index contributed by atoms with van der Waals surface area (Å²) >= 11 is 7.37. The van der Waals surface area contributed by atoms with Gasteiger partial charge in [0.15, 0.2) is 0 Å². The van der Waals surface area contributed by atoms with Crippen LogP contribution >= 0.6 is 22.9 Å². The lowest BCUT2D eigenvalue weighted by atomic mass is 10.2. The van der Waals surface area contributed by atoms with E-state index in [1.807, 2.05) is 24.4 Å². The first-order valence-corrected chi connectivity index (χ1v) is 6.70. The van der Waals surface area contributed by atoms with Crippen LogP contribution in [0.25, 0.3) is 0 Å². The molecule has 0 aliphatic carbocycles. The number of rotatable bonds is 4. The minimum atomic E-state index is -0.278. The number of benzene rings is 1. The Morgan fingerprint density at radius 1 is 1.50 bits per heavy atom. The van der Waals surface area contributed by atoms with Crippen LogP contribution in [-0.2, 0) is 22.6 Å². The number of hydrogen-bond acceptors (Lipinski definition) is 4. The molecule has 0 radical (unpaired) electrons. The molecule has 0 N–H and O–H groups in total. The fourth-order valence-corrected chi connectivity index (χ4v) is 2.30. The molecule has 0 atom stereocenters. The van der Waals surface area contributed by atoms with Gasteiger partial charge >= 0.3 is 5.97 Å². The van der Waals surface area contributed by atoms with Gasteiger partial charge in [0.05, 0.1) is 17.1 Å². The number of hydrogen-bond donors (Lipinski definition) is 0. The van der Waals surface area contributed by atoms with Gasteiger partial charge in [0.25, 0.3) is 0 Å². The number of halogens is 1. The van der Waals surface area contributed by atoms with E-state index < -0.39 is 0 Å². The molecule has 0 aliphatic rings. The Hall–Kier alpha value is -1.39. The van der Waals surface area contributed by atoms with Gasteiger partial charge in [0, 0.05) is 10.4 Å². The van der Waals surface area contributed by atoms with Gasteiger partial charge < -0.3 is 4.74 Å². The second kappa shape index (κ2) is 5.98. The van der Waals surface area contributed by atoms with Gasteiger partial charge in [-0.1, -0.05) is 23.7 Å². The maximum Gasteiger partial charge on any atom is 0.312 e. The molecular weight excluding hydrogens is 270 g/mol. The molecule has 3 nitrogen and oxygen atoms in total. The average molecular weight is 282 g/mol. The summed E-state index contributed by atoms with van der Waals surface area (Å²) in [7, 11) is 0.